The SMILES string of the molecule is CCS(=O)(=O)c1ccc(NCCC2CCCCO2)cc1. The number of ether oxygens (including phenoxy) is 1. The lowest BCUT2D eigenvalue weighted by Crippen LogP contribution is -2.21. The molecule has 0 aliphatic carbocycles. The molecule has 1 N–H and O–H groups in total. The summed E-state index contributed by atoms with van der Waals surface area (Å²) >= 11 is 0. The van der Waals surface area contributed by atoms with E-state index >= 15 is 0 Å². The first-order valence-electron chi connectivity index (χ1n) is 7.30. The van der Waals surface area contributed by atoms with Crippen molar-refractivity contribution >= 4 is 15.5 Å². The van der Waals surface area contributed by atoms with Crippen molar-refractivity contribution in [1.82, 2.24) is 0 Å². The zero-order chi connectivity index (χ0) is 14.4. The van der Waals surface area contributed by atoms with Crippen molar-refractivity contribution in [2.75, 3.05) is 24.2 Å². The first-order chi connectivity index (χ1) is 9.62. The van der Waals surface area contributed by atoms with E-state index in [9.17, 15) is 8.42 Å². The quantitative estimate of drug-likeness (QED) is 0.877. The maximum atomic E-state index is 11.7. The Morgan fingerprint density at radius 2 is 2.00 bits per heavy atom. The highest BCUT2D eigenvalue weighted by Gasteiger charge is 2.13. The molecule has 1 heterocycles. The third kappa shape index (κ3) is 4.21. The smallest absolute Gasteiger partial charge is 0.178 e. The van der Waals surface area contributed by atoms with Gasteiger partial charge in [-0.1, -0.05) is 6.92 Å². The van der Waals surface area contributed by atoms with Gasteiger partial charge in [0.05, 0.1) is 16.8 Å². The van der Waals surface area contributed by atoms with E-state index in [1.807, 2.05) is 12.1 Å². The van der Waals surface area contributed by atoms with Gasteiger partial charge >= 0.3 is 0 Å². The van der Waals surface area contributed by atoms with E-state index in [1.54, 1.807) is 19.1 Å². The molecule has 4 nitrogen and oxygen atoms in total. The van der Waals surface area contributed by atoms with Crippen LogP contribution in [0.4, 0.5) is 5.69 Å². The molecule has 1 aromatic carbocycles. The summed E-state index contributed by atoms with van der Waals surface area (Å²) in [4.78, 5) is 0.390. The number of hydrogen-bond donors (Lipinski definition) is 1. The molecule has 2 rings (SSSR count). The number of benzene rings is 1. The van der Waals surface area contributed by atoms with Gasteiger partial charge in [0.1, 0.15) is 0 Å². The molecule has 20 heavy (non-hydrogen) atoms. The van der Waals surface area contributed by atoms with Crippen molar-refractivity contribution in [3.8, 4) is 0 Å². The molecular weight excluding hydrogens is 274 g/mol. The Kier molecular flexibility index (Phi) is 5.43. The first-order valence-corrected chi connectivity index (χ1v) is 8.95. The van der Waals surface area contributed by atoms with Crippen LogP contribution in [0.25, 0.3) is 0 Å². The Hall–Kier alpha value is -1.07. The molecule has 1 fully saturated rings. The lowest BCUT2D eigenvalue weighted by molar-refractivity contribution is 0.0134. The summed E-state index contributed by atoms with van der Waals surface area (Å²) in [6.45, 7) is 3.39. The lowest BCUT2D eigenvalue weighted by atomic mass is 10.1. The van der Waals surface area contributed by atoms with Crippen molar-refractivity contribution < 1.29 is 13.2 Å². The highest BCUT2D eigenvalue weighted by atomic mass is 32.2. The van der Waals surface area contributed by atoms with E-state index in [0.29, 0.717) is 11.0 Å². The van der Waals surface area contributed by atoms with E-state index in [-0.39, 0.29) is 5.75 Å². The van der Waals surface area contributed by atoms with Gasteiger partial charge in [-0.05, 0) is 49.9 Å². The first kappa shape index (κ1) is 15.3. The summed E-state index contributed by atoms with van der Waals surface area (Å²) in [6, 6.07) is 6.98. The standard InChI is InChI=1S/C15H23NO3S/c1-2-20(17,18)15-8-6-13(7-9-15)16-11-10-14-5-3-4-12-19-14/h6-9,14,16H,2-5,10-12H2,1H3. The Morgan fingerprint density at radius 1 is 1.25 bits per heavy atom. The van der Waals surface area contributed by atoms with Gasteiger partial charge in [-0.2, -0.15) is 0 Å². The summed E-state index contributed by atoms with van der Waals surface area (Å²) in [5.74, 6) is 0.138. The van der Waals surface area contributed by atoms with E-state index < -0.39 is 9.84 Å². The van der Waals surface area contributed by atoms with Crippen molar-refractivity contribution in [2.24, 2.45) is 0 Å². The molecule has 0 amide bonds. The average molecular weight is 297 g/mol. The average Bonchev–Trinajstić information content (AvgIpc) is 2.49. The van der Waals surface area contributed by atoms with E-state index in [0.717, 1.165) is 31.7 Å². The van der Waals surface area contributed by atoms with Gasteiger partial charge in [0, 0.05) is 18.8 Å². The second kappa shape index (κ2) is 7.09. The fourth-order valence-electron chi connectivity index (χ4n) is 2.36. The van der Waals surface area contributed by atoms with Gasteiger partial charge in [-0.15, -0.1) is 0 Å². The highest BCUT2D eigenvalue weighted by molar-refractivity contribution is 7.91. The zero-order valence-corrected chi connectivity index (χ0v) is 12.8. The number of sulfone groups is 1. The van der Waals surface area contributed by atoms with Gasteiger partial charge < -0.3 is 10.1 Å². The third-order valence-corrected chi connectivity index (χ3v) is 5.41. The van der Waals surface area contributed by atoms with Crippen molar-refractivity contribution in [1.29, 1.82) is 0 Å². The molecular formula is C15H23NO3S. The second-order valence-electron chi connectivity index (χ2n) is 5.13. The number of anilines is 1. The van der Waals surface area contributed by atoms with Gasteiger partial charge in [-0.3, -0.25) is 0 Å². The highest BCUT2D eigenvalue weighted by Crippen LogP contribution is 2.17. The monoisotopic (exact) mass is 297 g/mol. The molecule has 1 unspecified atom stereocenters. The van der Waals surface area contributed by atoms with Crippen LogP contribution in [0.5, 0.6) is 0 Å². The fraction of sp³-hybridized carbons (Fsp3) is 0.600. The number of hydrogen-bond acceptors (Lipinski definition) is 4. The zero-order valence-electron chi connectivity index (χ0n) is 12.0. The van der Waals surface area contributed by atoms with Crippen molar-refractivity contribution in [3.05, 3.63) is 24.3 Å². The largest absolute Gasteiger partial charge is 0.385 e. The normalized spacial score (nSPS) is 19.8. The minimum atomic E-state index is -3.10. The van der Waals surface area contributed by atoms with Crippen LogP contribution in [0.3, 0.4) is 0 Å². The minimum Gasteiger partial charge on any atom is -0.385 e. The van der Waals surface area contributed by atoms with Crippen LogP contribution in [0.15, 0.2) is 29.2 Å². The molecule has 0 bridgehead atoms. The molecule has 0 saturated carbocycles. The Labute approximate surface area is 121 Å². The van der Waals surface area contributed by atoms with Crippen LogP contribution in [0, 0.1) is 0 Å². The van der Waals surface area contributed by atoms with Crippen LogP contribution >= 0.6 is 0 Å². The molecule has 1 atom stereocenters. The van der Waals surface area contributed by atoms with Crippen LogP contribution in [-0.4, -0.2) is 33.4 Å². The molecule has 1 aliphatic rings. The van der Waals surface area contributed by atoms with Crippen molar-refractivity contribution in [2.45, 2.75) is 43.6 Å². The molecule has 0 radical (unpaired) electrons. The topological polar surface area (TPSA) is 55.4 Å². The van der Waals surface area contributed by atoms with E-state index in [1.165, 1.54) is 12.8 Å². The molecule has 1 aromatic rings. The predicted molar refractivity (Wildman–Crippen MR) is 80.9 cm³/mol. The van der Waals surface area contributed by atoms with Gasteiger partial charge in [0.15, 0.2) is 9.84 Å². The maximum absolute atomic E-state index is 11.7. The molecule has 1 saturated heterocycles. The summed E-state index contributed by atoms with van der Waals surface area (Å²) in [7, 11) is -3.10. The number of nitrogens with one attached hydrogen (secondary N) is 1. The van der Waals surface area contributed by atoms with Crippen LogP contribution in [-0.2, 0) is 14.6 Å². The lowest BCUT2D eigenvalue weighted by Gasteiger charge is -2.22. The molecule has 0 aromatic heterocycles. The van der Waals surface area contributed by atoms with Crippen LogP contribution in [0.2, 0.25) is 0 Å². The van der Waals surface area contributed by atoms with Gasteiger partial charge in [0.25, 0.3) is 0 Å². The second-order valence-corrected chi connectivity index (χ2v) is 7.41. The molecule has 1 aliphatic heterocycles. The molecule has 112 valence electrons. The van der Waals surface area contributed by atoms with Crippen LogP contribution < -0.4 is 5.32 Å². The summed E-state index contributed by atoms with van der Waals surface area (Å²) in [5.41, 5.74) is 0.955. The van der Waals surface area contributed by atoms with Gasteiger partial charge in [-0.25, -0.2) is 8.42 Å². The minimum absolute atomic E-state index is 0.138. The Morgan fingerprint density at radius 3 is 2.60 bits per heavy atom. The van der Waals surface area contributed by atoms with Gasteiger partial charge in [0.2, 0.25) is 0 Å². The van der Waals surface area contributed by atoms with Crippen LogP contribution in [0.1, 0.15) is 32.6 Å². The summed E-state index contributed by atoms with van der Waals surface area (Å²) < 4.78 is 29.1. The predicted octanol–water partition coefficient (Wildman–Crippen LogP) is 2.85. The molecule has 5 heteroatoms. The maximum Gasteiger partial charge on any atom is 0.178 e. The van der Waals surface area contributed by atoms with E-state index in [4.69, 9.17) is 4.74 Å². The third-order valence-electron chi connectivity index (χ3n) is 3.66. The summed E-state index contributed by atoms with van der Waals surface area (Å²) in [6.07, 6.45) is 4.95. The van der Waals surface area contributed by atoms with E-state index in [2.05, 4.69) is 5.32 Å². The summed E-state index contributed by atoms with van der Waals surface area (Å²) in [5, 5.41) is 3.31. The number of rotatable bonds is 6. The molecule has 0 spiro atoms. The fourth-order valence-corrected chi connectivity index (χ4v) is 3.24. The Balaban J connectivity index is 1.82. The van der Waals surface area contributed by atoms with Crippen molar-refractivity contribution in [3.63, 3.8) is 0 Å². The Bertz CT molecular complexity index is 504.